The van der Waals surface area contributed by atoms with E-state index in [2.05, 4.69) is 32.4 Å². The average Bonchev–Trinajstić information content (AvgIpc) is 3.03. The van der Waals surface area contributed by atoms with Crippen LogP contribution < -0.4 is 0 Å². The van der Waals surface area contributed by atoms with Crippen molar-refractivity contribution >= 4 is 5.78 Å². The van der Waals surface area contributed by atoms with Gasteiger partial charge in [0, 0.05) is 12.3 Å². The number of carbonyl (C=O) groups excluding carboxylic acids is 1. The second-order valence-electron chi connectivity index (χ2n) is 12.7. The molecule has 1 aliphatic heterocycles. The third kappa shape index (κ3) is 3.35. The van der Waals surface area contributed by atoms with Crippen LogP contribution in [0, 0.1) is 46.3 Å². The summed E-state index contributed by atoms with van der Waals surface area (Å²) in [6.07, 6.45) is 15.6. The lowest BCUT2D eigenvalue weighted by molar-refractivity contribution is -0.154. The molecule has 0 aromatic heterocycles. The zero-order chi connectivity index (χ0) is 21.1. The maximum atomic E-state index is 13.5. The van der Waals surface area contributed by atoms with E-state index < -0.39 is 0 Å². The Morgan fingerprint density at radius 3 is 2.47 bits per heavy atom. The summed E-state index contributed by atoms with van der Waals surface area (Å²) in [6.45, 7) is 12.0. The first-order valence-corrected chi connectivity index (χ1v) is 13.2. The normalized spacial score (nSPS) is 47.6. The summed E-state index contributed by atoms with van der Waals surface area (Å²) in [5.41, 5.74) is 2.13. The van der Waals surface area contributed by atoms with Gasteiger partial charge in [-0.1, -0.05) is 38.8 Å². The molecule has 4 saturated carbocycles. The van der Waals surface area contributed by atoms with Gasteiger partial charge in [-0.05, 0) is 118 Å². The number of Topliss-reactive ketones (excluding diaryl/α,β-unsaturated/α-hetero) is 1. The molecule has 7 atom stereocenters. The van der Waals surface area contributed by atoms with Crippen LogP contribution in [0.3, 0.4) is 0 Å². The lowest BCUT2D eigenvalue weighted by Crippen LogP contribution is -2.56. The van der Waals surface area contributed by atoms with Crippen LogP contribution in [-0.2, 0) is 4.79 Å². The fraction of sp³-hybridized carbons (Fsp3) is 0.893. The molecule has 0 bridgehead atoms. The van der Waals surface area contributed by atoms with Gasteiger partial charge in [0.1, 0.15) is 5.78 Å². The predicted octanol–water partition coefficient (Wildman–Crippen LogP) is 6.50. The highest BCUT2D eigenvalue weighted by Crippen LogP contribution is 2.66. The minimum absolute atomic E-state index is 0.255. The molecular formula is C28H45NO. The first-order valence-electron chi connectivity index (χ1n) is 13.2. The fourth-order valence-corrected chi connectivity index (χ4v) is 9.01. The monoisotopic (exact) mass is 411 g/mol. The minimum atomic E-state index is 0.255. The highest BCUT2D eigenvalue weighted by molar-refractivity contribution is 5.83. The van der Waals surface area contributed by atoms with Crippen molar-refractivity contribution in [3.8, 4) is 0 Å². The molecule has 4 aliphatic carbocycles. The fourth-order valence-electron chi connectivity index (χ4n) is 9.01. The summed E-state index contributed by atoms with van der Waals surface area (Å²) in [6, 6.07) is 0. The van der Waals surface area contributed by atoms with Gasteiger partial charge in [-0.15, -0.1) is 0 Å². The van der Waals surface area contributed by atoms with E-state index in [-0.39, 0.29) is 5.41 Å². The molecule has 1 saturated heterocycles. The summed E-state index contributed by atoms with van der Waals surface area (Å²) in [5.74, 6) is 4.74. The Hall–Kier alpha value is -0.630. The van der Waals surface area contributed by atoms with Crippen LogP contribution in [0.1, 0.15) is 90.9 Å². The van der Waals surface area contributed by atoms with Crippen LogP contribution in [-0.4, -0.2) is 30.8 Å². The second-order valence-corrected chi connectivity index (χ2v) is 12.7. The summed E-state index contributed by atoms with van der Waals surface area (Å²) in [5, 5.41) is 0. The SMILES string of the molecule is C=C1CCC2C3C(=O)CC4CC(CCC5CCN(C)CC5)CC[C@]4(C)C3CC[C@]12C. The summed E-state index contributed by atoms with van der Waals surface area (Å²) < 4.78 is 0. The Balaban J connectivity index is 1.25. The molecule has 0 aromatic rings. The second kappa shape index (κ2) is 7.75. The zero-order valence-electron chi connectivity index (χ0n) is 19.9. The van der Waals surface area contributed by atoms with Gasteiger partial charge in [0.05, 0.1) is 0 Å². The van der Waals surface area contributed by atoms with Gasteiger partial charge >= 0.3 is 0 Å². The van der Waals surface area contributed by atoms with E-state index in [1.54, 1.807) is 0 Å². The van der Waals surface area contributed by atoms with Crippen molar-refractivity contribution in [2.24, 2.45) is 46.3 Å². The van der Waals surface area contributed by atoms with Crippen molar-refractivity contribution in [2.45, 2.75) is 90.9 Å². The molecule has 5 aliphatic rings. The van der Waals surface area contributed by atoms with Gasteiger partial charge in [-0.2, -0.15) is 0 Å². The Labute approximate surface area is 185 Å². The number of ketones is 1. The predicted molar refractivity (Wildman–Crippen MR) is 124 cm³/mol. The van der Waals surface area contributed by atoms with Crippen molar-refractivity contribution < 1.29 is 4.79 Å². The first-order chi connectivity index (χ1) is 14.3. The number of fused-ring (bicyclic) bond motifs is 5. The molecule has 30 heavy (non-hydrogen) atoms. The molecule has 5 unspecified atom stereocenters. The maximum Gasteiger partial charge on any atom is 0.136 e. The quantitative estimate of drug-likeness (QED) is 0.494. The lowest BCUT2D eigenvalue weighted by atomic mass is 9.44. The van der Waals surface area contributed by atoms with Crippen LogP contribution in [0.4, 0.5) is 0 Å². The topological polar surface area (TPSA) is 20.3 Å². The van der Waals surface area contributed by atoms with Gasteiger partial charge in [-0.3, -0.25) is 4.79 Å². The van der Waals surface area contributed by atoms with Crippen LogP contribution in [0.15, 0.2) is 12.2 Å². The van der Waals surface area contributed by atoms with Crippen LogP contribution in [0.2, 0.25) is 0 Å². The summed E-state index contributed by atoms with van der Waals surface area (Å²) in [4.78, 5) is 16.0. The van der Waals surface area contributed by atoms with Gasteiger partial charge in [-0.25, -0.2) is 0 Å². The number of hydrogen-bond donors (Lipinski definition) is 0. The zero-order valence-corrected chi connectivity index (χ0v) is 19.9. The van der Waals surface area contributed by atoms with E-state index >= 15 is 0 Å². The van der Waals surface area contributed by atoms with Crippen molar-refractivity contribution in [3.05, 3.63) is 12.2 Å². The Bertz CT molecular complexity index is 691. The van der Waals surface area contributed by atoms with Crippen molar-refractivity contribution in [3.63, 3.8) is 0 Å². The molecule has 0 spiro atoms. The lowest BCUT2D eigenvalue weighted by Gasteiger charge is -2.60. The van der Waals surface area contributed by atoms with E-state index in [1.165, 1.54) is 82.9 Å². The van der Waals surface area contributed by atoms with Crippen molar-refractivity contribution in [1.29, 1.82) is 0 Å². The average molecular weight is 412 g/mol. The van der Waals surface area contributed by atoms with E-state index in [4.69, 9.17) is 0 Å². The van der Waals surface area contributed by atoms with Gasteiger partial charge in [0.2, 0.25) is 0 Å². The molecule has 1 heterocycles. The number of rotatable bonds is 3. The molecule has 2 heteroatoms. The largest absolute Gasteiger partial charge is 0.306 e. The summed E-state index contributed by atoms with van der Waals surface area (Å²) >= 11 is 0. The van der Waals surface area contributed by atoms with Gasteiger partial charge in [0.25, 0.3) is 0 Å². The number of allylic oxidation sites excluding steroid dienone is 1. The van der Waals surface area contributed by atoms with Crippen molar-refractivity contribution in [2.75, 3.05) is 20.1 Å². The molecule has 5 fully saturated rings. The third-order valence-electron chi connectivity index (χ3n) is 11.4. The number of likely N-dealkylation sites (tertiary alicyclic amines) is 1. The molecule has 2 nitrogen and oxygen atoms in total. The number of piperidine rings is 1. The molecule has 0 aromatic carbocycles. The van der Waals surface area contributed by atoms with E-state index in [9.17, 15) is 4.79 Å². The minimum Gasteiger partial charge on any atom is -0.306 e. The standard InChI is InChI=1S/C28H45NO/c1-19-5-8-23-26-24(10-14-27(19,23)2)28(3)13-9-21(17-22(28)18-25(26)30)7-6-20-11-15-29(4)16-12-20/h20-24,26H,1,5-18H2,2-4H3/t21?,22?,23?,24?,26?,27-,28+/m1/s1. The molecule has 0 N–H and O–H groups in total. The highest BCUT2D eigenvalue weighted by Gasteiger charge is 2.61. The molecule has 5 rings (SSSR count). The highest BCUT2D eigenvalue weighted by atomic mass is 16.1. The Morgan fingerprint density at radius 2 is 1.70 bits per heavy atom. The van der Waals surface area contributed by atoms with E-state index in [0.717, 1.165) is 24.7 Å². The van der Waals surface area contributed by atoms with Crippen LogP contribution in [0.5, 0.6) is 0 Å². The van der Waals surface area contributed by atoms with Crippen molar-refractivity contribution in [1.82, 2.24) is 4.90 Å². The Kier molecular flexibility index (Phi) is 5.48. The number of carbonyl (C=O) groups is 1. The smallest absolute Gasteiger partial charge is 0.136 e. The van der Waals surface area contributed by atoms with Gasteiger partial charge in [0.15, 0.2) is 0 Å². The van der Waals surface area contributed by atoms with E-state index in [0.29, 0.717) is 34.9 Å². The first kappa shape index (κ1) is 21.2. The molecule has 168 valence electrons. The third-order valence-corrected chi connectivity index (χ3v) is 11.4. The van der Waals surface area contributed by atoms with Gasteiger partial charge < -0.3 is 4.90 Å². The van der Waals surface area contributed by atoms with Crippen LogP contribution >= 0.6 is 0 Å². The number of hydrogen-bond acceptors (Lipinski definition) is 2. The molecule has 0 radical (unpaired) electrons. The van der Waals surface area contributed by atoms with Crippen LogP contribution in [0.25, 0.3) is 0 Å². The maximum absolute atomic E-state index is 13.5. The Morgan fingerprint density at radius 1 is 0.967 bits per heavy atom. The van der Waals surface area contributed by atoms with E-state index in [1.807, 2.05) is 0 Å². The number of nitrogens with zero attached hydrogens (tertiary/aromatic N) is 1. The molecule has 0 amide bonds. The molecular weight excluding hydrogens is 366 g/mol. The summed E-state index contributed by atoms with van der Waals surface area (Å²) in [7, 11) is 2.26.